The molecule has 0 aromatic carbocycles. The summed E-state index contributed by atoms with van der Waals surface area (Å²) < 4.78 is 0. The van der Waals surface area contributed by atoms with Crippen molar-refractivity contribution in [3.63, 3.8) is 0 Å². The van der Waals surface area contributed by atoms with Crippen LogP contribution >= 0.6 is 0 Å². The van der Waals surface area contributed by atoms with Crippen LogP contribution in [-0.2, 0) is 0 Å². The molecule has 0 spiro atoms. The fraction of sp³-hybridized carbons (Fsp3) is 1.00. The van der Waals surface area contributed by atoms with Crippen molar-refractivity contribution >= 4 is 0 Å². The van der Waals surface area contributed by atoms with Gasteiger partial charge in [0.15, 0.2) is 0 Å². The molecule has 110 valence electrons. The van der Waals surface area contributed by atoms with Crippen molar-refractivity contribution in [3.8, 4) is 0 Å². The van der Waals surface area contributed by atoms with Gasteiger partial charge in [-0.2, -0.15) is 0 Å². The van der Waals surface area contributed by atoms with Gasteiger partial charge in [0.2, 0.25) is 0 Å². The molecule has 2 heteroatoms. The lowest BCUT2D eigenvalue weighted by molar-refractivity contribution is -0.0156. The summed E-state index contributed by atoms with van der Waals surface area (Å²) in [6.07, 6.45) is 13.0. The SMILES string of the molecule is CC1CCC(CN)C(N2CCC[C@H]3CCCC[C@H]32)C1. The first-order valence-corrected chi connectivity index (χ1v) is 8.75. The topological polar surface area (TPSA) is 29.3 Å². The van der Waals surface area contributed by atoms with E-state index >= 15 is 0 Å². The highest BCUT2D eigenvalue weighted by Gasteiger charge is 2.40. The molecule has 3 aliphatic rings. The Morgan fingerprint density at radius 3 is 2.58 bits per heavy atom. The van der Waals surface area contributed by atoms with Crippen molar-refractivity contribution in [2.75, 3.05) is 13.1 Å². The maximum atomic E-state index is 6.09. The van der Waals surface area contributed by atoms with E-state index in [1.54, 1.807) is 0 Å². The van der Waals surface area contributed by atoms with Gasteiger partial charge >= 0.3 is 0 Å². The molecular formula is C17H32N2. The van der Waals surface area contributed by atoms with E-state index in [1.807, 2.05) is 0 Å². The molecule has 0 aromatic heterocycles. The third kappa shape index (κ3) is 2.85. The second-order valence-electron chi connectivity index (χ2n) is 7.47. The first-order valence-electron chi connectivity index (χ1n) is 8.75. The maximum absolute atomic E-state index is 6.09. The van der Waals surface area contributed by atoms with Crippen molar-refractivity contribution in [2.24, 2.45) is 23.5 Å². The fourth-order valence-corrected chi connectivity index (χ4v) is 5.17. The van der Waals surface area contributed by atoms with Gasteiger partial charge in [0, 0.05) is 12.1 Å². The van der Waals surface area contributed by atoms with E-state index in [9.17, 15) is 0 Å². The van der Waals surface area contributed by atoms with Gasteiger partial charge < -0.3 is 5.73 Å². The second kappa shape index (κ2) is 6.13. The van der Waals surface area contributed by atoms with Crippen molar-refractivity contribution in [2.45, 2.75) is 76.8 Å². The van der Waals surface area contributed by atoms with Crippen LogP contribution in [0.3, 0.4) is 0 Å². The normalized spacial score (nSPS) is 44.8. The van der Waals surface area contributed by atoms with Crippen LogP contribution in [0.15, 0.2) is 0 Å². The molecule has 2 nitrogen and oxygen atoms in total. The van der Waals surface area contributed by atoms with Gasteiger partial charge in [0.05, 0.1) is 0 Å². The van der Waals surface area contributed by atoms with Crippen LogP contribution < -0.4 is 5.73 Å². The first kappa shape index (κ1) is 13.9. The van der Waals surface area contributed by atoms with Gasteiger partial charge in [0.1, 0.15) is 0 Å². The molecule has 2 saturated carbocycles. The quantitative estimate of drug-likeness (QED) is 0.828. The summed E-state index contributed by atoms with van der Waals surface area (Å²) in [7, 11) is 0. The number of likely N-dealkylation sites (tertiary alicyclic amines) is 1. The Hall–Kier alpha value is -0.0800. The van der Waals surface area contributed by atoms with E-state index in [4.69, 9.17) is 5.73 Å². The molecule has 5 atom stereocenters. The Morgan fingerprint density at radius 1 is 0.947 bits per heavy atom. The van der Waals surface area contributed by atoms with Gasteiger partial charge in [-0.05, 0) is 69.4 Å². The maximum Gasteiger partial charge on any atom is 0.0141 e. The highest BCUT2D eigenvalue weighted by atomic mass is 15.2. The minimum Gasteiger partial charge on any atom is -0.330 e. The van der Waals surface area contributed by atoms with Crippen LogP contribution in [-0.4, -0.2) is 30.1 Å². The number of hydrogen-bond donors (Lipinski definition) is 1. The Labute approximate surface area is 119 Å². The Balaban J connectivity index is 1.74. The van der Waals surface area contributed by atoms with E-state index in [2.05, 4.69) is 11.8 Å². The van der Waals surface area contributed by atoms with Gasteiger partial charge in [-0.3, -0.25) is 4.90 Å². The summed E-state index contributed by atoms with van der Waals surface area (Å²) in [5.41, 5.74) is 6.09. The predicted molar refractivity (Wildman–Crippen MR) is 81.0 cm³/mol. The summed E-state index contributed by atoms with van der Waals surface area (Å²) in [6.45, 7) is 4.71. The molecule has 1 heterocycles. The van der Waals surface area contributed by atoms with Crippen LogP contribution in [0.4, 0.5) is 0 Å². The number of nitrogens with zero attached hydrogens (tertiary/aromatic N) is 1. The molecule has 0 radical (unpaired) electrons. The Morgan fingerprint density at radius 2 is 1.74 bits per heavy atom. The predicted octanol–water partition coefficient (Wildman–Crippen LogP) is 3.40. The number of rotatable bonds is 2. The summed E-state index contributed by atoms with van der Waals surface area (Å²) in [4.78, 5) is 2.93. The Bertz CT molecular complexity index is 289. The van der Waals surface area contributed by atoms with Crippen LogP contribution in [0, 0.1) is 17.8 Å². The minimum absolute atomic E-state index is 0.775. The average Bonchev–Trinajstić information content (AvgIpc) is 2.46. The first-order chi connectivity index (χ1) is 9.29. The van der Waals surface area contributed by atoms with Crippen LogP contribution in [0.5, 0.6) is 0 Å². The van der Waals surface area contributed by atoms with Crippen molar-refractivity contribution < 1.29 is 0 Å². The summed E-state index contributed by atoms with van der Waals surface area (Å²) in [5.74, 6) is 2.70. The van der Waals surface area contributed by atoms with Crippen LogP contribution in [0.2, 0.25) is 0 Å². The molecule has 19 heavy (non-hydrogen) atoms. The van der Waals surface area contributed by atoms with Crippen molar-refractivity contribution in [1.29, 1.82) is 0 Å². The van der Waals surface area contributed by atoms with Gasteiger partial charge in [-0.25, -0.2) is 0 Å². The molecule has 3 fully saturated rings. The van der Waals surface area contributed by atoms with Crippen molar-refractivity contribution in [1.82, 2.24) is 4.90 Å². The zero-order valence-electron chi connectivity index (χ0n) is 12.7. The van der Waals surface area contributed by atoms with E-state index in [-0.39, 0.29) is 0 Å². The molecule has 0 amide bonds. The Kier molecular flexibility index (Phi) is 4.48. The average molecular weight is 264 g/mol. The molecule has 2 N–H and O–H groups in total. The fourth-order valence-electron chi connectivity index (χ4n) is 5.17. The van der Waals surface area contributed by atoms with E-state index in [0.29, 0.717) is 0 Å². The van der Waals surface area contributed by atoms with Crippen molar-refractivity contribution in [3.05, 3.63) is 0 Å². The zero-order valence-corrected chi connectivity index (χ0v) is 12.7. The lowest BCUT2D eigenvalue weighted by Crippen LogP contribution is -2.56. The monoisotopic (exact) mass is 264 g/mol. The largest absolute Gasteiger partial charge is 0.330 e. The second-order valence-corrected chi connectivity index (χ2v) is 7.47. The van der Waals surface area contributed by atoms with Gasteiger partial charge in [-0.1, -0.05) is 26.2 Å². The van der Waals surface area contributed by atoms with Gasteiger partial charge in [-0.15, -0.1) is 0 Å². The van der Waals surface area contributed by atoms with E-state index in [1.165, 1.54) is 64.3 Å². The van der Waals surface area contributed by atoms with Crippen LogP contribution in [0.1, 0.15) is 64.7 Å². The zero-order chi connectivity index (χ0) is 13.2. The minimum atomic E-state index is 0.775. The summed E-state index contributed by atoms with van der Waals surface area (Å²) in [6, 6.07) is 1.71. The van der Waals surface area contributed by atoms with Crippen LogP contribution in [0.25, 0.3) is 0 Å². The molecule has 3 rings (SSSR count). The lowest BCUT2D eigenvalue weighted by atomic mass is 9.73. The third-order valence-corrected chi connectivity index (χ3v) is 6.23. The molecule has 3 unspecified atom stereocenters. The highest BCUT2D eigenvalue weighted by molar-refractivity contribution is 4.95. The summed E-state index contributed by atoms with van der Waals surface area (Å²) >= 11 is 0. The molecule has 0 bridgehead atoms. The number of piperidine rings is 1. The lowest BCUT2D eigenvalue weighted by Gasteiger charge is -2.51. The standard InChI is InChI=1S/C17H32N2/c1-13-8-9-15(12-18)17(11-13)19-10-4-6-14-5-2-3-7-16(14)19/h13-17H,2-12,18H2,1H3/t13?,14-,15?,16-,17?/m1/s1. The number of fused-ring (bicyclic) bond motifs is 1. The number of nitrogens with two attached hydrogens (primary N) is 1. The molecule has 2 aliphatic carbocycles. The molecule has 0 aromatic rings. The smallest absolute Gasteiger partial charge is 0.0141 e. The van der Waals surface area contributed by atoms with Gasteiger partial charge in [0.25, 0.3) is 0 Å². The molecule has 1 aliphatic heterocycles. The molecular weight excluding hydrogens is 232 g/mol. The summed E-state index contributed by atoms with van der Waals surface area (Å²) in [5, 5.41) is 0. The number of hydrogen-bond acceptors (Lipinski definition) is 2. The van der Waals surface area contributed by atoms with E-state index < -0.39 is 0 Å². The third-order valence-electron chi connectivity index (χ3n) is 6.23. The highest BCUT2D eigenvalue weighted by Crippen LogP contribution is 2.40. The molecule has 1 saturated heterocycles. The van der Waals surface area contributed by atoms with E-state index in [0.717, 1.165) is 36.4 Å².